The fourth-order valence-electron chi connectivity index (χ4n) is 2.85. The monoisotopic (exact) mass is 236 g/mol. The van der Waals surface area contributed by atoms with Gasteiger partial charge in [-0.15, -0.1) is 0 Å². The van der Waals surface area contributed by atoms with Crippen LogP contribution in [0.5, 0.6) is 0 Å². The summed E-state index contributed by atoms with van der Waals surface area (Å²) < 4.78 is 5.23. The SMILES string of the molecule is CC(C)c1nc(CN2C[C@H]3CNC[C@H]3C2)no1. The van der Waals surface area contributed by atoms with E-state index in [1.165, 1.54) is 26.2 Å². The third-order valence-corrected chi connectivity index (χ3v) is 3.81. The van der Waals surface area contributed by atoms with Gasteiger partial charge in [-0.05, 0) is 24.9 Å². The molecule has 5 nitrogen and oxygen atoms in total. The molecule has 2 fully saturated rings. The summed E-state index contributed by atoms with van der Waals surface area (Å²) in [7, 11) is 0. The van der Waals surface area contributed by atoms with Gasteiger partial charge in [-0.2, -0.15) is 4.98 Å². The van der Waals surface area contributed by atoms with E-state index >= 15 is 0 Å². The fourth-order valence-corrected chi connectivity index (χ4v) is 2.85. The highest BCUT2D eigenvalue weighted by Gasteiger charge is 2.36. The quantitative estimate of drug-likeness (QED) is 0.843. The van der Waals surface area contributed by atoms with Gasteiger partial charge in [0.1, 0.15) is 0 Å². The Morgan fingerprint density at radius 2 is 2.06 bits per heavy atom. The molecule has 0 spiro atoms. The molecule has 0 unspecified atom stereocenters. The van der Waals surface area contributed by atoms with E-state index in [1.54, 1.807) is 0 Å². The van der Waals surface area contributed by atoms with E-state index < -0.39 is 0 Å². The van der Waals surface area contributed by atoms with Crippen molar-refractivity contribution >= 4 is 0 Å². The molecule has 2 atom stereocenters. The molecule has 0 bridgehead atoms. The number of fused-ring (bicyclic) bond motifs is 1. The normalized spacial score (nSPS) is 29.1. The largest absolute Gasteiger partial charge is 0.339 e. The van der Waals surface area contributed by atoms with Crippen molar-refractivity contribution in [2.75, 3.05) is 26.2 Å². The third-order valence-electron chi connectivity index (χ3n) is 3.81. The summed E-state index contributed by atoms with van der Waals surface area (Å²) in [5.74, 6) is 3.55. The van der Waals surface area contributed by atoms with E-state index in [2.05, 4.69) is 34.2 Å². The van der Waals surface area contributed by atoms with Crippen molar-refractivity contribution in [1.82, 2.24) is 20.4 Å². The zero-order valence-electron chi connectivity index (χ0n) is 10.5. The molecular weight excluding hydrogens is 216 g/mol. The van der Waals surface area contributed by atoms with Crippen molar-refractivity contribution in [3.63, 3.8) is 0 Å². The van der Waals surface area contributed by atoms with E-state index in [1.807, 2.05) is 0 Å². The number of rotatable bonds is 3. The second kappa shape index (κ2) is 4.38. The molecule has 3 heterocycles. The van der Waals surface area contributed by atoms with Gasteiger partial charge in [0.05, 0.1) is 6.54 Å². The van der Waals surface area contributed by atoms with Gasteiger partial charge in [-0.3, -0.25) is 4.90 Å². The zero-order valence-corrected chi connectivity index (χ0v) is 10.5. The van der Waals surface area contributed by atoms with Crippen LogP contribution in [-0.4, -0.2) is 41.2 Å². The lowest BCUT2D eigenvalue weighted by atomic mass is 10.0. The molecule has 3 rings (SSSR count). The number of hydrogen-bond donors (Lipinski definition) is 1. The molecule has 0 aliphatic carbocycles. The van der Waals surface area contributed by atoms with E-state index in [4.69, 9.17) is 4.52 Å². The Labute approximate surface area is 102 Å². The first-order valence-corrected chi connectivity index (χ1v) is 6.48. The van der Waals surface area contributed by atoms with Gasteiger partial charge in [0.2, 0.25) is 5.89 Å². The van der Waals surface area contributed by atoms with Crippen LogP contribution in [0, 0.1) is 11.8 Å². The first-order valence-electron chi connectivity index (χ1n) is 6.48. The van der Waals surface area contributed by atoms with Crippen molar-refractivity contribution in [3.8, 4) is 0 Å². The van der Waals surface area contributed by atoms with Crippen molar-refractivity contribution in [2.45, 2.75) is 26.3 Å². The van der Waals surface area contributed by atoms with Crippen LogP contribution >= 0.6 is 0 Å². The Bertz CT molecular complexity index is 378. The molecule has 1 aromatic heterocycles. The maximum Gasteiger partial charge on any atom is 0.229 e. The van der Waals surface area contributed by atoms with Crippen molar-refractivity contribution in [3.05, 3.63) is 11.7 Å². The minimum atomic E-state index is 0.318. The maximum absolute atomic E-state index is 5.23. The smallest absolute Gasteiger partial charge is 0.229 e. The number of aromatic nitrogens is 2. The predicted octanol–water partition coefficient (Wildman–Crippen LogP) is 0.844. The lowest BCUT2D eigenvalue weighted by Gasteiger charge is -2.13. The van der Waals surface area contributed by atoms with Crippen LogP contribution in [0.25, 0.3) is 0 Å². The lowest BCUT2D eigenvalue weighted by molar-refractivity contribution is 0.288. The van der Waals surface area contributed by atoms with Gasteiger partial charge in [-0.1, -0.05) is 19.0 Å². The van der Waals surface area contributed by atoms with Crippen LogP contribution in [0.2, 0.25) is 0 Å². The Morgan fingerprint density at radius 3 is 2.65 bits per heavy atom. The Morgan fingerprint density at radius 1 is 1.35 bits per heavy atom. The Hall–Kier alpha value is -0.940. The first-order chi connectivity index (χ1) is 8.22. The van der Waals surface area contributed by atoms with Crippen LogP contribution in [-0.2, 0) is 6.54 Å². The molecule has 1 N–H and O–H groups in total. The van der Waals surface area contributed by atoms with Crippen molar-refractivity contribution in [1.29, 1.82) is 0 Å². The predicted molar refractivity (Wildman–Crippen MR) is 63.5 cm³/mol. The standard InChI is InChI=1S/C12H20N4O/c1-8(2)12-14-11(15-17-12)7-16-5-9-3-13-4-10(9)6-16/h8-10,13H,3-7H2,1-2H3/t9-,10+. The zero-order chi connectivity index (χ0) is 11.8. The molecule has 2 aliphatic rings. The fraction of sp³-hybridized carbons (Fsp3) is 0.833. The molecule has 17 heavy (non-hydrogen) atoms. The summed E-state index contributed by atoms with van der Waals surface area (Å²) in [6.45, 7) is 9.66. The highest BCUT2D eigenvalue weighted by Crippen LogP contribution is 2.27. The Kier molecular flexibility index (Phi) is 2.88. The lowest BCUT2D eigenvalue weighted by Crippen LogP contribution is -2.25. The van der Waals surface area contributed by atoms with Crippen molar-refractivity contribution in [2.24, 2.45) is 11.8 Å². The van der Waals surface area contributed by atoms with E-state index in [-0.39, 0.29) is 0 Å². The molecule has 2 aliphatic heterocycles. The number of nitrogens with one attached hydrogen (secondary N) is 1. The summed E-state index contributed by atoms with van der Waals surface area (Å²) in [5, 5.41) is 7.50. The minimum Gasteiger partial charge on any atom is -0.339 e. The maximum atomic E-state index is 5.23. The molecule has 0 radical (unpaired) electrons. The minimum absolute atomic E-state index is 0.318. The topological polar surface area (TPSA) is 54.2 Å². The van der Waals surface area contributed by atoms with Gasteiger partial charge >= 0.3 is 0 Å². The van der Waals surface area contributed by atoms with Gasteiger partial charge in [0, 0.05) is 19.0 Å². The van der Waals surface area contributed by atoms with Gasteiger partial charge in [0.15, 0.2) is 5.82 Å². The average Bonchev–Trinajstić information content (AvgIpc) is 2.91. The summed E-state index contributed by atoms with van der Waals surface area (Å²) in [6, 6.07) is 0. The van der Waals surface area contributed by atoms with Crippen LogP contribution in [0.1, 0.15) is 31.5 Å². The third kappa shape index (κ3) is 2.21. The first kappa shape index (κ1) is 11.2. The molecule has 0 saturated carbocycles. The summed E-state index contributed by atoms with van der Waals surface area (Å²) in [5.41, 5.74) is 0. The van der Waals surface area contributed by atoms with Crippen LogP contribution in [0.15, 0.2) is 4.52 Å². The molecule has 5 heteroatoms. The second-order valence-corrected chi connectivity index (χ2v) is 5.58. The number of nitrogens with zero attached hydrogens (tertiary/aromatic N) is 3. The molecule has 1 aromatic rings. The molecular formula is C12H20N4O. The molecule has 0 amide bonds. The molecule has 94 valence electrons. The van der Waals surface area contributed by atoms with Gasteiger partial charge in [0.25, 0.3) is 0 Å². The van der Waals surface area contributed by atoms with Crippen LogP contribution in [0.4, 0.5) is 0 Å². The molecule has 2 saturated heterocycles. The Balaban J connectivity index is 1.60. The summed E-state index contributed by atoms with van der Waals surface area (Å²) >= 11 is 0. The van der Waals surface area contributed by atoms with Crippen LogP contribution in [0.3, 0.4) is 0 Å². The van der Waals surface area contributed by atoms with Gasteiger partial charge < -0.3 is 9.84 Å². The highest BCUT2D eigenvalue weighted by atomic mass is 16.5. The van der Waals surface area contributed by atoms with Crippen molar-refractivity contribution < 1.29 is 4.52 Å². The van der Waals surface area contributed by atoms with E-state index in [0.29, 0.717) is 5.92 Å². The van der Waals surface area contributed by atoms with Gasteiger partial charge in [-0.25, -0.2) is 0 Å². The summed E-state index contributed by atoms with van der Waals surface area (Å²) in [4.78, 5) is 6.88. The second-order valence-electron chi connectivity index (χ2n) is 5.58. The number of hydrogen-bond acceptors (Lipinski definition) is 5. The average molecular weight is 236 g/mol. The van der Waals surface area contributed by atoms with E-state index in [0.717, 1.165) is 30.1 Å². The highest BCUT2D eigenvalue weighted by molar-refractivity contribution is 4.95. The summed E-state index contributed by atoms with van der Waals surface area (Å²) in [6.07, 6.45) is 0. The van der Waals surface area contributed by atoms with Crippen LogP contribution < -0.4 is 5.32 Å². The number of likely N-dealkylation sites (tertiary alicyclic amines) is 1. The molecule has 0 aromatic carbocycles. The van der Waals surface area contributed by atoms with E-state index in [9.17, 15) is 0 Å².